The van der Waals surface area contributed by atoms with Crippen molar-refractivity contribution in [1.29, 1.82) is 0 Å². The highest BCUT2D eigenvalue weighted by atomic mass is 16.5. The largest absolute Gasteiger partial charge is 0.484 e. The first-order valence-electron chi connectivity index (χ1n) is 6.40. The summed E-state index contributed by atoms with van der Waals surface area (Å²) in [4.78, 5) is 11.4. The highest BCUT2D eigenvalue weighted by Crippen LogP contribution is 2.18. The SMILES string of the molecule is CC(N)Cc1ccc(OCC(=O)NC2CC2)cc1. The molecular formula is C14H20N2O2. The first kappa shape index (κ1) is 12.9. The molecule has 0 radical (unpaired) electrons. The maximum atomic E-state index is 11.4. The fourth-order valence-corrected chi connectivity index (χ4v) is 1.74. The lowest BCUT2D eigenvalue weighted by Crippen LogP contribution is -2.30. The molecule has 0 heterocycles. The summed E-state index contributed by atoms with van der Waals surface area (Å²) in [5, 5.41) is 2.88. The van der Waals surface area contributed by atoms with Gasteiger partial charge in [-0.3, -0.25) is 4.79 Å². The molecule has 1 unspecified atom stereocenters. The van der Waals surface area contributed by atoms with Crippen molar-refractivity contribution < 1.29 is 9.53 Å². The lowest BCUT2D eigenvalue weighted by molar-refractivity contribution is -0.123. The van der Waals surface area contributed by atoms with Gasteiger partial charge in [0, 0.05) is 12.1 Å². The van der Waals surface area contributed by atoms with Gasteiger partial charge in [-0.1, -0.05) is 12.1 Å². The Kier molecular flexibility index (Phi) is 4.20. The molecule has 1 aliphatic rings. The Hall–Kier alpha value is -1.55. The zero-order valence-corrected chi connectivity index (χ0v) is 10.7. The van der Waals surface area contributed by atoms with Gasteiger partial charge >= 0.3 is 0 Å². The third kappa shape index (κ3) is 4.37. The first-order chi connectivity index (χ1) is 8.63. The number of amides is 1. The first-order valence-corrected chi connectivity index (χ1v) is 6.40. The van der Waals surface area contributed by atoms with Crippen LogP contribution < -0.4 is 15.8 Å². The molecule has 0 spiro atoms. The average Bonchev–Trinajstić information content (AvgIpc) is 3.11. The van der Waals surface area contributed by atoms with Crippen LogP contribution in [0.25, 0.3) is 0 Å². The van der Waals surface area contributed by atoms with Gasteiger partial charge in [0.05, 0.1) is 0 Å². The van der Waals surface area contributed by atoms with Crippen molar-refractivity contribution in [2.24, 2.45) is 5.73 Å². The zero-order valence-electron chi connectivity index (χ0n) is 10.7. The van der Waals surface area contributed by atoms with E-state index in [0.29, 0.717) is 6.04 Å². The minimum Gasteiger partial charge on any atom is -0.484 e. The van der Waals surface area contributed by atoms with E-state index in [1.807, 2.05) is 31.2 Å². The number of benzene rings is 1. The van der Waals surface area contributed by atoms with Gasteiger partial charge in [-0.05, 0) is 43.9 Å². The highest BCUT2D eigenvalue weighted by molar-refractivity contribution is 5.78. The van der Waals surface area contributed by atoms with Crippen LogP contribution in [-0.2, 0) is 11.2 Å². The van der Waals surface area contributed by atoms with Crippen LogP contribution in [0.4, 0.5) is 0 Å². The predicted molar refractivity (Wildman–Crippen MR) is 70.5 cm³/mol. The van der Waals surface area contributed by atoms with E-state index in [-0.39, 0.29) is 18.6 Å². The third-order valence-electron chi connectivity index (χ3n) is 2.79. The molecule has 1 aliphatic carbocycles. The lowest BCUT2D eigenvalue weighted by atomic mass is 10.1. The molecule has 1 saturated carbocycles. The number of carbonyl (C=O) groups excluding carboxylic acids is 1. The molecular weight excluding hydrogens is 228 g/mol. The van der Waals surface area contributed by atoms with E-state index < -0.39 is 0 Å². The Morgan fingerprint density at radius 3 is 2.67 bits per heavy atom. The van der Waals surface area contributed by atoms with Gasteiger partial charge in [-0.15, -0.1) is 0 Å². The molecule has 3 N–H and O–H groups in total. The van der Waals surface area contributed by atoms with E-state index in [1.165, 1.54) is 5.56 Å². The van der Waals surface area contributed by atoms with Crippen LogP contribution in [0.15, 0.2) is 24.3 Å². The molecule has 2 rings (SSSR count). The van der Waals surface area contributed by atoms with Gasteiger partial charge in [-0.25, -0.2) is 0 Å². The van der Waals surface area contributed by atoms with E-state index in [4.69, 9.17) is 10.5 Å². The van der Waals surface area contributed by atoms with Crippen LogP contribution in [0.5, 0.6) is 5.75 Å². The predicted octanol–water partition coefficient (Wildman–Crippen LogP) is 1.23. The average molecular weight is 248 g/mol. The van der Waals surface area contributed by atoms with Crippen LogP contribution in [0.1, 0.15) is 25.3 Å². The van der Waals surface area contributed by atoms with Crippen LogP contribution in [-0.4, -0.2) is 24.6 Å². The Bertz CT molecular complexity index is 397. The summed E-state index contributed by atoms with van der Waals surface area (Å²) in [7, 11) is 0. The topological polar surface area (TPSA) is 64.3 Å². The molecule has 0 aliphatic heterocycles. The quantitative estimate of drug-likeness (QED) is 0.796. The molecule has 4 heteroatoms. The molecule has 0 aromatic heterocycles. The van der Waals surface area contributed by atoms with Gasteiger partial charge < -0.3 is 15.8 Å². The van der Waals surface area contributed by atoms with Crippen molar-refractivity contribution in [2.75, 3.05) is 6.61 Å². The summed E-state index contributed by atoms with van der Waals surface area (Å²) in [6.07, 6.45) is 3.04. The fraction of sp³-hybridized carbons (Fsp3) is 0.500. The minimum absolute atomic E-state index is 0.0443. The van der Waals surface area contributed by atoms with Crippen molar-refractivity contribution in [3.8, 4) is 5.75 Å². The molecule has 1 aromatic carbocycles. The molecule has 18 heavy (non-hydrogen) atoms. The van der Waals surface area contributed by atoms with Crippen molar-refractivity contribution >= 4 is 5.91 Å². The van der Waals surface area contributed by atoms with Crippen LogP contribution in [0.2, 0.25) is 0 Å². The van der Waals surface area contributed by atoms with Gasteiger partial charge in [-0.2, -0.15) is 0 Å². The maximum Gasteiger partial charge on any atom is 0.258 e. The summed E-state index contributed by atoms with van der Waals surface area (Å²) in [5.41, 5.74) is 6.91. The Labute approximate surface area is 108 Å². The summed E-state index contributed by atoms with van der Waals surface area (Å²) < 4.78 is 5.41. The van der Waals surface area contributed by atoms with E-state index >= 15 is 0 Å². The van der Waals surface area contributed by atoms with Crippen molar-refractivity contribution in [3.63, 3.8) is 0 Å². The summed E-state index contributed by atoms with van der Waals surface area (Å²) in [6.45, 7) is 2.07. The summed E-state index contributed by atoms with van der Waals surface area (Å²) >= 11 is 0. The number of hydrogen-bond acceptors (Lipinski definition) is 3. The van der Waals surface area contributed by atoms with Gasteiger partial charge in [0.1, 0.15) is 5.75 Å². The molecule has 1 amide bonds. The Morgan fingerprint density at radius 1 is 1.44 bits per heavy atom. The van der Waals surface area contributed by atoms with Crippen LogP contribution >= 0.6 is 0 Å². The van der Waals surface area contributed by atoms with E-state index in [0.717, 1.165) is 25.0 Å². The fourth-order valence-electron chi connectivity index (χ4n) is 1.74. The lowest BCUT2D eigenvalue weighted by Gasteiger charge is -2.08. The van der Waals surface area contributed by atoms with Crippen LogP contribution in [0, 0.1) is 0 Å². The smallest absolute Gasteiger partial charge is 0.258 e. The monoisotopic (exact) mass is 248 g/mol. The molecule has 98 valence electrons. The number of ether oxygens (including phenoxy) is 1. The molecule has 0 saturated heterocycles. The molecule has 1 fully saturated rings. The highest BCUT2D eigenvalue weighted by Gasteiger charge is 2.23. The second-order valence-electron chi connectivity index (χ2n) is 4.96. The summed E-state index contributed by atoms with van der Waals surface area (Å²) in [6, 6.07) is 8.26. The maximum absolute atomic E-state index is 11.4. The number of carbonyl (C=O) groups is 1. The summed E-state index contributed by atoms with van der Waals surface area (Å²) in [5.74, 6) is 0.673. The van der Waals surface area contributed by atoms with Gasteiger partial charge in [0.2, 0.25) is 0 Å². The van der Waals surface area contributed by atoms with Crippen molar-refractivity contribution in [1.82, 2.24) is 5.32 Å². The molecule has 1 aromatic rings. The second-order valence-corrected chi connectivity index (χ2v) is 4.96. The number of nitrogens with two attached hydrogens (primary N) is 1. The molecule has 0 bridgehead atoms. The zero-order chi connectivity index (χ0) is 13.0. The number of nitrogens with one attached hydrogen (secondary N) is 1. The number of rotatable bonds is 6. The Morgan fingerprint density at radius 2 is 2.11 bits per heavy atom. The van der Waals surface area contributed by atoms with Crippen molar-refractivity contribution in [2.45, 2.75) is 38.3 Å². The molecule has 1 atom stereocenters. The minimum atomic E-state index is -0.0443. The Balaban J connectivity index is 1.76. The van der Waals surface area contributed by atoms with E-state index in [2.05, 4.69) is 5.32 Å². The van der Waals surface area contributed by atoms with E-state index in [1.54, 1.807) is 0 Å². The van der Waals surface area contributed by atoms with Gasteiger partial charge in [0.15, 0.2) is 6.61 Å². The standard InChI is InChI=1S/C14H20N2O2/c1-10(15)8-11-2-6-13(7-3-11)18-9-14(17)16-12-4-5-12/h2-3,6-7,10,12H,4-5,8-9,15H2,1H3,(H,16,17). The second kappa shape index (κ2) is 5.87. The van der Waals surface area contributed by atoms with Gasteiger partial charge in [0.25, 0.3) is 5.91 Å². The normalized spacial score (nSPS) is 16.1. The third-order valence-corrected chi connectivity index (χ3v) is 2.79. The van der Waals surface area contributed by atoms with Crippen molar-refractivity contribution in [3.05, 3.63) is 29.8 Å². The molecule has 4 nitrogen and oxygen atoms in total. The number of hydrogen-bond donors (Lipinski definition) is 2. The van der Waals surface area contributed by atoms with Crippen LogP contribution in [0.3, 0.4) is 0 Å². The van der Waals surface area contributed by atoms with E-state index in [9.17, 15) is 4.79 Å².